The summed E-state index contributed by atoms with van der Waals surface area (Å²) in [5.41, 5.74) is 5.65. The molecule has 4 heteroatoms. The fourth-order valence-electron chi connectivity index (χ4n) is 1.83. The average Bonchev–Trinajstić information content (AvgIpc) is 2.85. The molecule has 0 aromatic rings. The minimum absolute atomic E-state index is 0.153. The van der Waals surface area contributed by atoms with Crippen LogP contribution < -0.4 is 5.73 Å². The fraction of sp³-hybridized carbons (Fsp3) is 0.889. The van der Waals surface area contributed by atoms with E-state index in [4.69, 9.17) is 5.73 Å². The zero-order valence-electron chi connectivity index (χ0n) is 7.95. The van der Waals surface area contributed by atoms with Crippen LogP contribution in [-0.2, 0) is 4.79 Å². The van der Waals surface area contributed by atoms with Crippen molar-refractivity contribution in [3.8, 4) is 0 Å². The molecule has 0 bridgehead atoms. The summed E-state index contributed by atoms with van der Waals surface area (Å²) in [6.45, 7) is 1.78. The van der Waals surface area contributed by atoms with E-state index in [1.54, 1.807) is 0 Å². The summed E-state index contributed by atoms with van der Waals surface area (Å²) in [5, 5.41) is 0. The molecular formula is C9H16N2OS. The first kappa shape index (κ1) is 9.34. The first-order valence-corrected chi connectivity index (χ1v) is 5.99. The Bertz CT molecular complexity index is 228. The number of thioether (sulfide) groups is 1. The molecule has 0 radical (unpaired) electrons. The Kier molecular flexibility index (Phi) is 2.28. The van der Waals surface area contributed by atoms with Gasteiger partial charge in [0.05, 0.1) is 6.04 Å². The monoisotopic (exact) mass is 200 g/mol. The number of nitrogens with two attached hydrogens (primary N) is 1. The van der Waals surface area contributed by atoms with Gasteiger partial charge >= 0.3 is 0 Å². The molecule has 3 nitrogen and oxygen atoms in total. The molecule has 2 aliphatic rings. The zero-order chi connectivity index (χ0) is 9.47. The standard InChI is InChI=1S/C9H16N2OS/c1-13-9(3-4-9)6-11-5-2-7(10)8(11)12/h7H,2-6,10H2,1H3. The molecule has 0 aromatic carbocycles. The van der Waals surface area contributed by atoms with Crippen LogP contribution in [0, 0.1) is 0 Å². The van der Waals surface area contributed by atoms with E-state index in [-0.39, 0.29) is 11.9 Å². The van der Waals surface area contributed by atoms with E-state index in [9.17, 15) is 4.79 Å². The van der Waals surface area contributed by atoms with Crippen molar-refractivity contribution in [2.24, 2.45) is 5.73 Å². The molecule has 2 rings (SSSR count). The number of rotatable bonds is 3. The van der Waals surface area contributed by atoms with Crippen molar-refractivity contribution >= 4 is 17.7 Å². The van der Waals surface area contributed by atoms with Gasteiger partial charge in [0.1, 0.15) is 0 Å². The van der Waals surface area contributed by atoms with Gasteiger partial charge in [0.2, 0.25) is 5.91 Å². The molecule has 0 aromatic heterocycles. The van der Waals surface area contributed by atoms with Crippen LogP contribution in [0.4, 0.5) is 0 Å². The summed E-state index contributed by atoms with van der Waals surface area (Å²) in [6.07, 6.45) is 5.48. The fourth-order valence-corrected chi connectivity index (χ4v) is 2.63. The van der Waals surface area contributed by atoms with E-state index in [2.05, 4.69) is 6.26 Å². The van der Waals surface area contributed by atoms with Crippen LogP contribution in [0.3, 0.4) is 0 Å². The summed E-state index contributed by atoms with van der Waals surface area (Å²) in [5.74, 6) is 0.153. The molecule has 1 aliphatic heterocycles. The Hall–Kier alpha value is -0.220. The molecule has 1 aliphatic carbocycles. The topological polar surface area (TPSA) is 46.3 Å². The zero-order valence-corrected chi connectivity index (χ0v) is 8.77. The average molecular weight is 200 g/mol. The number of likely N-dealkylation sites (tertiary alicyclic amines) is 1. The van der Waals surface area contributed by atoms with E-state index in [0.29, 0.717) is 4.75 Å². The van der Waals surface area contributed by atoms with Crippen LogP contribution in [-0.4, -0.2) is 40.9 Å². The number of nitrogens with zero attached hydrogens (tertiary/aromatic N) is 1. The van der Waals surface area contributed by atoms with Crippen LogP contribution in [0.25, 0.3) is 0 Å². The molecule has 1 unspecified atom stereocenters. The van der Waals surface area contributed by atoms with E-state index in [0.717, 1.165) is 19.5 Å². The molecule has 2 fully saturated rings. The molecule has 2 N–H and O–H groups in total. The number of carbonyl (C=O) groups excluding carboxylic acids is 1. The van der Waals surface area contributed by atoms with Gasteiger partial charge < -0.3 is 10.6 Å². The lowest BCUT2D eigenvalue weighted by molar-refractivity contribution is -0.128. The smallest absolute Gasteiger partial charge is 0.239 e. The number of carbonyl (C=O) groups is 1. The second-order valence-electron chi connectivity index (χ2n) is 4.04. The van der Waals surface area contributed by atoms with Crippen molar-refractivity contribution in [2.75, 3.05) is 19.3 Å². The molecule has 0 spiro atoms. The number of amides is 1. The molecule has 1 heterocycles. The normalized spacial score (nSPS) is 31.1. The van der Waals surface area contributed by atoms with E-state index < -0.39 is 0 Å². The highest BCUT2D eigenvalue weighted by atomic mass is 32.2. The Labute approximate surface area is 83.0 Å². The maximum absolute atomic E-state index is 11.5. The predicted molar refractivity (Wildman–Crippen MR) is 54.7 cm³/mol. The highest BCUT2D eigenvalue weighted by molar-refractivity contribution is 8.00. The lowest BCUT2D eigenvalue weighted by Gasteiger charge is -2.21. The summed E-state index contributed by atoms with van der Waals surface area (Å²) < 4.78 is 0.389. The van der Waals surface area contributed by atoms with Crippen LogP contribution >= 0.6 is 11.8 Å². The van der Waals surface area contributed by atoms with E-state index in [1.807, 2.05) is 16.7 Å². The third-order valence-electron chi connectivity index (χ3n) is 3.06. The first-order chi connectivity index (χ1) is 6.17. The molecule has 13 heavy (non-hydrogen) atoms. The van der Waals surface area contributed by atoms with Gasteiger partial charge in [0, 0.05) is 17.8 Å². The lowest BCUT2D eigenvalue weighted by Crippen LogP contribution is -2.38. The second-order valence-corrected chi connectivity index (χ2v) is 5.32. The van der Waals surface area contributed by atoms with Gasteiger partial charge in [-0.15, -0.1) is 0 Å². The van der Waals surface area contributed by atoms with Crippen molar-refractivity contribution in [2.45, 2.75) is 30.1 Å². The van der Waals surface area contributed by atoms with Gasteiger partial charge in [0.25, 0.3) is 0 Å². The highest BCUT2D eigenvalue weighted by Crippen LogP contribution is 2.47. The number of hydrogen-bond acceptors (Lipinski definition) is 3. The SMILES string of the molecule is CSC1(CN2CCC(N)C2=O)CC1. The Morgan fingerprint density at radius 3 is 2.77 bits per heavy atom. The van der Waals surface area contributed by atoms with Crippen molar-refractivity contribution in [3.63, 3.8) is 0 Å². The Balaban J connectivity index is 1.92. The van der Waals surface area contributed by atoms with Crippen LogP contribution in [0.1, 0.15) is 19.3 Å². The van der Waals surface area contributed by atoms with E-state index >= 15 is 0 Å². The molecule has 1 atom stereocenters. The maximum Gasteiger partial charge on any atom is 0.239 e. The summed E-state index contributed by atoms with van der Waals surface area (Å²) in [6, 6.07) is -0.224. The summed E-state index contributed by atoms with van der Waals surface area (Å²) >= 11 is 1.89. The largest absolute Gasteiger partial charge is 0.340 e. The van der Waals surface area contributed by atoms with E-state index in [1.165, 1.54) is 12.8 Å². The lowest BCUT2D eigenvalue weighted by atomic mass is 10.3. The highest BCUT2D eigenvalue weighted by Gasteiger charge is 2.45. The van der Waals surface area contributed by atoms with Crippen molar-refractivity contribution < 1.29 is 4.79 Å². The third-order valence-corrected chi connectivity index (χ3v) is 4.46. The quantitative estimate of drug-likeness (QED) is 0.719. The van der Waals surface area contributed by atoms with Gasteiger partial charge in [0.15, 0.2) is 0 Å². The Morgan fingerprint density at radius 1 is 1.69 bits per heavy atom. The van der Waals surface area contributed by atoms with Gasteiger partial charge in [-0.25, -0.2) is 0 Å². The minimum atomic E-state index is -0.224. The van der Waals surface area contributed by atoms with Crippen LogP contribution in [0.15, 0.2) is 0 Å². The Morgan fingerprint density at radius 2 is 2.38 bits per heavy atom. The summed E-state index contributed by atoms with van der Waals surface area (Å²) in [4.78, 5) is 13.5. The maximum atomic E-state index is 11.5. The van der Waals surface area contributed by atoms with Crippen LogP contribution in [0.2, 0.25) is 0 Å². The third kappa shape index (κ3) is 1.70. The molecule has 1 amide bonds. The van der Waals surface area contributed by atoms with Gasteiger partial charge in [-0.3, -0.25) is 4.79 Å². The van der Waals surface area contributed by atoms with Gasteiger partial charge in [-0.1, -0.05) is 0 Å². The van der Waals surface area contributed by atoms with Crippen molar-refractivity contribution in [1.82, 2.24) is 4.90 Å². The predicted octanol–water partition coefficient (Wildman–Crippen LogP) is 0.442. The molecular weight excluding hydrogens is 184 g/mol. The van der Waals surface area contributed by atoms with Gasteiger partial charge in [-0.2, -0.15) is 11.8 Å². The molecule has 1 saturated heterocycles. The summed E-state index contributed by atoms with van der Waals surface area (Å²) in [7, 11) is 0. The van der Waals surface area contributed by atoms with Crippen LogP contribution in [0.5, 0.6) is 0 Å². The van der Waals surface area contributed by atoms with Gasteiger partial charge in [-0.05, 0) is 25.5 Å². The minimum Gasteiger partial charge on any atom is -0.340 e. The van der Waals surface area contributed by atoms with Crippen molar-refractivity contribution in [1.29, 1.82) is 0 Å². The molecule has 74 valence electrons. The molecule has 1 saturated carbocycles. The first-order valence-electron chi connectivity index (χ1n) is 4.76. The second kappa shape index (κ2) is 3.17. The van der Waals surface area contributed by atoms with Crippen molar-refractivity contribution in [3.05, 3.63) is 0 Å². The number of hydrogen-bond donors (Lipinski definition) is 1.